The Kier molecular flexibility index (Phi) is 4.16. The van der Waals surface area contributed by atoms with Gasteiger partial charge in [-0.2, -0.15) is 0 Å². The number of benzene rings is 2. The molecule has 0 saturated carbocycles. The summed E-state index contributed by atoms with van der Waals surface area (Å²) in [4.78, 5) is 0. The molecule has 0 aliphatic rings. The van der Waals surface area contributed by atoms with Gasteiger partial charge in [-0.15, -0.1) is 0 Å². The van der Waals surface area contributed by atoms with Crippen LogP contribution in [0.15, 0.2) is 48.5 Å². The Labute approximate surface area is 138 Å². The van der Waals surface area contributed by atoms with Crippen molar-refractivity contribution in [2.24, 2.45) is 5.41 Å². The Hall–Kier alpha value is -1.50. The van der Waals surface area contributed by atoms with E-state index in [0.717, 1.165) is 5.75 Å². The molecule has 2 heteroatoms. The maximum absolute atomic E-state index is 5.28. The molecule has 0 unspecified atom stereocenters. The summed E-state index contributed by atoms with van der Waals surface area (Å²) in [5, 5.41) is 2.88. The topological polar surface area (TPSA) is 9.23 Å². The molecule has 2 aromatic carbocycles. The summed E-state index contributed by atoms with van der Waals surface area (Å²) in [6.07, 6.45) is 1.17. The van der Waals surface area contributed by atoms with Crippen molar-refractivity contribution in [3.63, 3.8) is 0 Å². The van der Waals surface area contributed by atoms with Crippen molar-refractivity contribution in [2.45, 2.75) is 27.2 Å². The van der Waals surface area contributed by atoms with Crippen molar-refractivity contribution in [1.82, 2.24) is 0 Å². The Morgan fingerprint density at radius 2 is 1.55 bits per heavy atom. The summed E-state index contributed by atoms with van der Waals surface area (Å²) in [7, 11) is 1.71. The molecule has 0 atom stereocenters. The van der Waals surface area contributed by atoms with Crippen LogP contribution >= 0.6 is 0 Å². The SMILES string of the molecule is COc1ccc(-c2[se]c(CC(C)(C)C)c3ccccc23)cc1. The van der Waals surface area contributed by atoms with E-state index in [-0.39, 0.29) is 0 Å². The molecule has 0 N–H and O–H groups in total. The molecule has 1 heterocycles. The van der Waals surface area contributed by atoms with Gasteiger partial charge in [-0.25, -0.2) is 0 Å². The molecule has 3 rings (SSSR count). The Morgan fingerprint density at radius 1 is 0.909 bits per heavy atom. The van der Waals surface area contributed by atoms with E-state index in [1.54, 1.807) is 11.5 Å². The van der Waals surface area contributed by atoms with Crippen molar-refractivity contribution in [3.05, 3.63) is 53.0 Å². The van der Waals surface area contributed by atoms with E-state index in [0.29, 0.717) is 19.9 Å². The number of hydrogen-bond acceptors (Lipinski definition) is 1. The zero-order valence-electron chi connectivity index (χ0n) is 13.6. The van der Waals surface area contributed by atoms with Crippen molar-refractivity contribution in [3.8, 4) is 15.8 Å². The van der Waals surface area contributed by atoms with E-state index in [1.165, 1.54) is 27.2 Å². The molecular weight excluding hydrogens is 335 g/mol. The fourth-order valence-electron chi connectivity index (χ4n) is 2.73. The average Bonchev–Trinajstić information content (AvgIpc) is 2.85. The predicted molar refractivity (Wildman–Crippen MR) is 96.0 cm³/mol. The number of ether oxygens (including phenoxy) is 1. The first-order valence-electron chi connectivity index (χ1n) is 7.63. The maximum atomic E-state index is 5.28. The van der Waals surface area contributed by atoms with Crippen LogP contribution in [-0.4, -0.2) is 21.6 Å². The van der Waals surface area contributed by atoms with E-state index in [2.05, 4.69) is 69.3 Å². The molecule has 3 aromatic rings. The number of fused-ring (bicyclic) bond motifs is 1. The summed E-state index contributed by atoms with van der Waals surface area (Å²) in [5.41, 5.74) is 1.66. The molecular formula is C20H22OSe. The Morgan fingerprint density at radius 3 is 2.14 bits per heavy atom. The number of methoxy groups -OCH3 is 1. The van der Waals surface area contributed by atoms with Gasteiger partial charge in [0.15, 0.2) is 0 Å². The molecule has 0 spiro atoms. The molecule has 0 bridgehead atoms. The van der Waals surface area contributed by atoms with Crippen molar-refractivity contribution in [2.75, 3.05) is 7.11 Å². The van der Waals surface area contributed by atoms with Gasteiger partial charge in [-0.3, -0.25) is 0 Å². The molecule has 1 aromatic heterocycles. The standard InChI is InChI=1S/C20H22OSe/c1-20(2,3)13-18-16-7-5-6-8-17(16)19(22-18)14-9-11-15(21-4)12-10-14/h5-12H,13H2,1-4H3. The van der Waals surface area contributed by atoms with Crippen LogP contribution in [0.2, 0.25) is 0 Å². The van der Waals surface area contributed by atoms with Crippen LogP contribution in [-0.2, 0) is 6.42 Å². The van der Waals surface area contributed by atoms with E-state index in [1.807, 2.05) is 0 Å². The number of hydrogen-bond donors (Lipinski definition) is 0. The van der Waals surface area contributed by atoms with Crippen LogP contribution in [0.1, 0.15) is 25.2 Å². The van der Waals surface area contributed by atoms with Crippen molar-refractivity contribution < 1.29 is 4.74 Å². The van der Waals surface area contributed by atoms with Crippen LogP contribution in [0.4, 0.5) is 0 Å². The van der Waals surface area contributed by atoms with Gasteiger partial charge in [-0.1, -0.05) is 0 Å². The van der Waals surface area contributed by atoms with Gasteiger partial charge < -0.3 is 0 Å². The van der Waals surface area contributed by atoms with E-state index < -0.39 is 0 Å². The molecule has 1 nitrogen and oxygen atoms in total. The van der Waals surface area contributed by atoms with Crippen LogP contribution in [0.3, 0.4) is 0 Å². The summed E-state index contributed by atoms with van der Waals surface area (Å²) in [5.74, 6) is 0.919. The van der Waals surface area contributed by atoms with Crippen molar-refractivity contribution in [1.29, 1.82) is 0 Å². The molecule has 0 aliphatic heterocycles. The van der Waals surface area contributed by atoms with Crippen molar-refractivity contribution >= 4 is 25.3 Å². The van der Waals surface area contributed by atoms with Gasteiger partial charge in [0.05, 0.1) is 0 Å². The van der Waals surface area contributed by atoms with Gasteiger partial charge in [0.2, 0.25) is 0 Å². The fraction of sp³-hybridized carbons (Fsp3) is 0.300. The van der Waals surface area contributed by atoms with Crippen LogP contribution in [0, 0.1) is 5.41 Å². The zero-order chi connectivity index (χ0) is 15.7. The zero-order valence-corrected chi connectivity index (χ0v) is 15.4. The molecule has 0 fully saturated rings. The molecule has 0 aliphatic carbocycles. The quantitative estimate of drug-likeness (QED) is 0.588. The fourth-order valence-corrected chi connectivity index (χ4v) is 6.05. The third-order valence-electron chi connectivity index (χ3n) is 3.74. The molecule has 22 heavy (non-hydrogen) atoms. The Bertz CT molecular complexity index is 776. The van der Waals surface area contributed by atoms with Crippen LogP contribution in [0.25, 0.3) is 20.8 Å². The van der Waals surface area contributed by atoms with E-state index in [4.69, 9.17) is 4.74 Å². The minimum atomic E-state index is 0.333. The minimum absolute atomic E-state index is 0.333. The normalized spacial score (nSPS) is 11.8. The van der Waals surface area contributed by atoms with Gasteiger partial charge in [0.25, 0.3) is 0 Å². The predicted octanol–water partition coefficient (Wildman–Crippen LogP) is 5.16. The van der Waals surface area contributed by atoms with Crippen LogP contribution < -0.4 is 4.74 Å². The summed E-state index contributed by atoms with van der Waals surface area (Å²) in [6.45, 7) is 6.97. The van der Waals surface area contributed by atoms with E-state index >= 15 is 0 Å². The number of rotatable bonds is 3. The molecule has 0 radical (unpaired) electrons. The summed E-state index contributed by atoms with van der Waals surface area (Å²) < 4.78 is 8.41. The molecule has 0 amide bonds. The van der Waals surface area contributed by atoms with Gasteiger partial charge in [0.1, 0.15) is 0 Å². The summed E-state index contributed by atoms with van der Waals surface area (Å²) in [6, 6.07) is 17.4. The second-order valence-corrected chi connectivity index (χ2v) is 9.18. The first-order chi connectivity index (χ1) is 10.5. The van der Waals surface area contributed by atoms with E-state index in [9.17, 15) is 0 Å². The Balaban J connectivity index is 2.13. The first kappa shape index (κ1) is 15.4. The third kappa shape index (κ3) is 3.14. The van der Waals surface area contributed by atoms with Gasteiger partial charge in [-0.05, 0) is 0 Å². The second-order valence-electron chi connectivity index (χ2n) is 6.87. The van der Waals surface area contributed by atoms with Gasteiger partial charge in [0, 0.05) is 0 Å². The monoisotopic (exact) mass is 358 g/mol. The average molecular weight is 357 g/mol. The molecule has 0 saturated heterocycles. The first-order valence-corrected chi connectivity index (χ1v) is 9.34. The second kappa shape index (κ2) is 5.95. The summed E-state index contributed by atoms with van der Waals surface area (Å²) >= 11 is 0.408. The molecule has 114 valence electrons. The third-order valence-corrected chi connectivity index (χ3v) is 6.41. The van der Waals surface area contributed by atoms with Crippen LogP contribution in [0.5, 0.6) is 5.75 Å². The van der Waals surface area contributed by atoms with Gasteiger partial charge >= 0.3 is 138 Å².